The Balaban J connectivity index is 0.000000947. The number of para-hydroxylation sites is 1. The Bertz CT molecular complexity index is 1300. The Labute approximate surface area is 305 Å². The van der Waals surface area contributed by atoms with E-state index in [2.05, 4.69) is 74.5 Å². The molecule has 50 heavy (non-hydrogen) atoms. The van der Waals surface area contributed by atoms with Crippen molar-refractivity contribution in [2.24, 2.45) is 5.41 Å². The Morgan fingerprint density at radius 3 is 2.18 bits per heavy atom. The topological polar surface area (TPSA) is 169 Å². The number of hydrogen-bond donors (Lipinski definition) is 4. The van der Waals surface area contributed by atoms with Crippen molar-refractivity contribution in [1.29, 1.82) is 0 Å². The first-order valence-electron chi connectivity index (χ1n) is 17.2. The molecule has 6 N–H and O–H groups in total. The molecule has 282 valence electrons. The van der Waals surface area contributed by atoms with E-state index in [-0.39, 0.29) is 48.1 Å². The second kappa shape index (κ2) is 23.8. The van der Waals surface area contributed by atoms with Crippen molar-refractivity contribution in [2.75, 3.05) is 32.1 Å². The third kappa shape index (κ3) is 16.9. The number of anilines is 1. The zero-order valence-corrected chi connectivity index (χ0v) is 31.8. The number of nitrogens with one attached hydrogen (secondary N) is 3. The number of carbonyl (C=O) groups is 4. The van der Waals surface area contributed by atoms with Gasteiger partial charge < -0.3 is 31.3 Å². The third-order valence-corrected chi connectivity index (χ3v) is 8.49. The van der Waals surface area contributed by atoms with Crippen molar-refractivity contribution in [3.63, 3.8) is 0 Å². The molecule has 0 radical (unpaired) electrons. The number of nitrogens with zero attached hydrogens (tertiary/aromatic N) is 1. The van der Waals surface area contributed by atoms with E-state index in [0.29, 0.717) is 6.54 Å². The van der Waals surface area contributed by atoms with Gasteiger partial charge in [0.15, 0.2) is 0 Å². The highest BCUT2D eigenvalue weighted by molar-refractivity contribution is 5.96. The first-order chi connectivity index (χ1) is 22.7. The molecule has 0 aromatic heterocycles. The molecule has 11 nitrogen and oxygen atoms in total. The van der Waals surface area contributed by atoms with Crippen molar-refractivity contribution in [3.8, 4) is 0 Å². The fourth-order valence-electron chi connectivity index (χ4n) is 5.65. The number of likely N-dealkylation sites (tertiary alicyclic amines) is 1. The number of benzene rings is 2. The normalized spacial score (nSPS) is 15.5. The predicted molar refractivity (Wildman–Crippen MR) is 202 cm³/mol. The second-order valence-corrected chi connectivity index (χ2v) is 13.8. The minimum atomic E-state index is -1.09. The summed E-state index contributed by atoms with van der Waals surface area (Å²) in [5, 5.41) is 17.9. The molecule has 0 bridgehead atoms. The SMILES string of the molecule is CCCCN1CCCCC1C(=O)Nc1c(C)cccc1C.COC(=O)[C@H](Cc1ccccc1)NC(=O)[C@H](CC(=O)O)NCCC(C)(C)C.Cl.O. The highest BCUT2D eigenvalue weighted by atomic mass is 35.5. The number of halogens is 1. The minimum Gasteiger partial charge on any atom is -0.481 e. The van der Waals surface area contributed by atoms with Crippen LogP contribution in [-0.4, -0.2) is 84.1 Å². The van der Waals surface area contributed by atoms with Gasteiger partial charge in [0.1, 0.15) is 6.04 Å². The van der Waals surface area contributed by atoms with E-state index in [1.165, 1.54) is 26.4 Å². The van der Waals surface area contributed by atoms with Gasteiger partial charge in [-0.3, -0.25) is 19.3 Å². The number of hydrogen-bond acceptors (Lipinski definition) is 7. The molecule has 12 heteroatoms. The molecule has 0 saturated carbocycles. The largest absolute Gasteiger partial charge is 0.481 e. The molecular formula is C38H61ClN4O7. The number of ether oxygens (including phenoxy) is 1. The van der Waals surface area contributed by atoms with E-state index in [9.17, 15) is 19.2 Å². The zero-order valence-electron chi connectivity index (χ0n) is 31.0. The quantitative estimate of drug-likeness (QED) is 0.181. The van der Waals surface area contributed by atoms with E-state index in [4.69, 9.17) is 9.84 Å². The smallest absolute Gasteiger partial charge is 0.328 e. The maximum atomic E-state index is 12.7. The van der Waals surface area contributed by atoms with Crippen molar-refractivity contribution in [3.05, 3.63) is 65.2 Å². The van der Waals surface area contributed by atoms with Crippen LogP contribution in [0.3, 0.4) is 0 Å². The van der Waals surface area contributed by atoms with Crippen LogP contribution in [0.25, 0.3) is 0 Å². The van der Waals surface area contributed by atoms with Gasteiger partial charge in [-0.05, 0) is 81.3 Å². The number of aryl methyl sites for hydroxylation is 2. The standard InChI is InChI=1S/C20H30N2O5.C18H28N2O.ClH.H2O/c1-20(2,3)10-11-21-15(13-17(23)24)18(25)22-16(19(26)27-4)12-14-8-6-5-7-9-14;1-4-5-12-20-13-7-6-11-16(20)18(21)19-17-14(2)9-8-10-15(17)3;;/h5-9,15-16,21H,10-13H2,1-4H3,(H,22,25)(H,23,24);8-10,16H,4-7,11-13H2,1-3H3,(H,19,21);1H;1H2/t15-,16-;;;/m0.../s1. The molecule has 3 atom stereocenters. The number of aliphatic carboxylic acids is 1. The number of methoxy groups -OCH3 is 1. The molecule has 1 aliphatic heterocycles. The first-order valence-corrected chi connectivity index (χ1v) is 17.2. The van der Waals surface area contributed by atoms with Crippen LogP contribution in [0, 0.1) is 19.3 Å². The highest BCUT2D eigenvalue weighted by Gasteiger charge is 2.29. The number of piperidine rings is 1. The Morgan fingerprint density at radius 2 is 1.62 bits per heavy atom. The van der Waals surface area contributed by atoms with Crippen LogP contribution in [0.1, 0.15) is 89.3 Å². The summed E-state index contributed by atoms with van der Waals surface area (Å²) in [6.45, 7) is 15.1. The molecular weight excluding hydrogens is 660 g/mol. The summed E-state index contributed by atoms with van der Waals surface area (Å²) >= 11 is 0. The van der Waals surface area contributed by atoms with Gasteiger partial charge in [0.2, 0.25) is 11.8 Å². The Hall–Kier alpha value is -3.51. The lowest BCUT2D eigenvalue weighted by molar-refractivity contribution is -0.145. The predicted octanol–water partition coefficient (Wildman–Crippen LogP) is 5.25. The molecule has 2 aromatic carbocycles. The summed E-state index contributed by atoms with van der Waals surface area (Å²) in [5.41, 5.74) is 4.18. The third-order valence-electron chi connectivity index (χ3n) is 8.49. The van der Waals surface area contributed by atoms with Gasteiger partial charge in [0.05, 0.1) is 25.6 Å². The number of esters is 1. The van der Waals surface area contributed by atoms with Crippen molar-refractivity contribution >= 4 is 41.8 Å². The molecule has 1 heterocycles. The summed E-state index contributed by atoms with van der Waals surface area (Å²) in [4.78, 5) is 50.9. The van der Waals surface area contributed by atoms with Gasteiger partial charge in [-0.25, -0.2) is 4.79 Å². The number of carbonyl (C=O) groups excluding carboxylic acids is 3. The lowest BCUT2D eigenvalue weighted by atomic mass is 9.92. The van der Waals surface area contributed by atoms with E-state index >= 15 is 0 Å². The van der Waals surface area contributed by atoms with Gasteiger partial charge in [-0.15, -0.1) is 12.4 Å². The van der Waals surface area contributed by atoms with Crippen LogP contribution in [0.2, 0.25) is 0 Å². The number of carboxylic acid groups (broad SMARTS) is 1. The average Bonchev–Trinajstić information content (AvgIpc) is 3.04. The van der Waals surface area contributed by atoms with Gasteiger partial charge in [0, 0.05) is 12.1 Å². The van der Waals surface area contributed by atoms with Gasteiger partial charge in [-0.1, -0.05) is 89.1 Å². The zero-order chi connectivity index (χ0) is 35.7. The Morgan fingerprint density at radius 1 is 0.980 bits per heavy atom. The van der Waals surface area contributed by atoms with Crippen LogP contribution in [0.15, 0.2) is 48.5 Å². The summed E-state index contributed by atoms with van der Waals surface area (Å²) in [5.74, 6) is -2.02. The van der Waals surface area contributed by atoms with Gasteiger partial charge >= 0.3 is 11.9 Å². The molecule has 1 fully saturated rings. The van der Waals surface area contributed by atoms with Crippen LogP contribution in [0.4, 0.5) is 5.69 Å². The van der Waals surface area contributed by atoms with Gasteiger partial charge in [0.25, 0.3) is 0 Å². The summed E-state index contributed by atoms with van der Waals surface area (Å²) in [6.07, 6.45) is 6.40. The maximum Gasteiger partial charge on any atom is 0.328 e. The van der Waals surface area contributed by atoms with Crippen molar-refractivity contribution in [2.45, 2.75) is 111 Å². The van der Waals surface area contributed by atoms with E-state index in [1.807, 2.05) is 36.4 Å². The summed E-state index contributed by atoms with van der Waals surface area (Å²) in [6, 6.07) is 13.6. The molecule has 2 aromatic rings. The minimum absolute atomic E-state index is 0. The van der Waals surface area contributed by atoms with Gasteiger partial charge in [-0.2, -0.15) is 0 Å². The molecule has 1 aliphatic rings. The lowest BCUT2D eigenvalue weighted by Gasteiger charge is -2.34. The van der Waals surface area contributed by atoms with Crippen LogP contribution >= 0.6 is 12.4 Å². The summed E-state index contributed by atoms with van der Waals surface area (Å²) < 4.78 is 4.78. The molecule has 3 rings (SSSR count). The van der Waals surface area contributed by atoms with E-state index < -0.39 is 29.9 Å². The first kappa shape index (κ1) is 46.5. The lowest BCUT2D eigenvalue weighted by Crippen LogP contribution is -2.52. The number of amides is 2. The average molecular weight is 721 g/mol. The summed E-state index contributed by atoms with van der Waals surface area (Å²) in [7, 11) is 1.25. The van der Waals surface area contributed by atoms with Crippen LogP contribution in [-0.2, 0) is 30.3 Å². The second-order valence-electron chi connectivity index (χ2n) is 13.8. The molecule has 1 unspecified atom stereocenters. The fourth-order valence-corrected chi connectivity index (χ4v) is 5.65. The fraction of sp³-hybridized carbons (Fsp3) is 0.579. The molecule has 2 amide bonds. The van der Waals surface area contributed by atoms with Crippen LogP contribution in [0.5, 0.6) is 0 Å². The molecule has 1 saturated heterocycles. The van der Waals surface area contributed by atoms with Crippen molar-refractivity contribution in [1.82, 2.24) is 15.5 Å². The monoisotopic (exact) mass is 720 g/mol. The number of rotatable bonds is 15. The molecule has 0 aliphatic carbocycles. The highest BCUT2D eigenvalue weighted by Crippen LogP contribution is 2.23. The van der Waals surface area contributed by atoms with E-state index in [1.54, 1.807) is 0 Å². The Kier molecular flexibility index (Phi) is 22.1. The number of carboxylic acids is 1. The molecule has 0 spiro atoms. The van der Waals surface area contributed by atoms with Crippen LogP contribution < -0.4 is 16.0 Å². The van der Waals surface area contributed by atoms with E-state index in [0.717, 1.165) is 54.7 Å². The maximum absolute atomic E-state index is 12.7. The van der Waals surface area contributed by atoms with Crippen molar-refractivity contribution < 1.29 is 34.5 Å². The number of unbranched alkanes of at least 4 members (excludes halogenated alkanes) is 1.